The highest BCUT2D eigenvalue weighted by molar-refractivity contribution is 6.18. The van der Waals surface area contributed by atoms with Crippen LogP contribution in [-0.2, 0) is 4.74 Å². The van der Waals surface area contributed by atoms with Crippen molar-refractivity contribution in [3.05, 3.63) is 0 Å². The minimum absolute atomic E-state index is 0.480. The van der Waals surface area contributed by atoms with Crippen molar-refractivity contribution < 1.29 is 4.74 Å². The smallest absolute Gasteiger partial charge is 0.0615 e. The fraction of sp³-hybridized carbons (Fsp3) is 1.00. The summed E-state index contributed by atoms with van der Waals surface area (Å²) >= 11 is 5.69. The van der Waals surface area contributed by atoms with E-state index in [0.29, 0.717) is 11.9 Å². The van der Waals surface area contributed by atoms with Gasteiger partial charge >= 0.3 is 0 Å². The number of halogens is 1. The molecule has 1 unspecified atom stereocenters. The Morgan fingerprint density at radius 3 is 2.50 bits per heavy atom. The molecular formula is C9H20ClNO. The Bertz CT molecular complexity index is 94.5. The van der Waals surface area contributed by atoms with Gasteiger partial charge in [0, 0.05) is 25.6 Å². The molecule has 0 saturated heterocycles. The molecule has 0 fully saturated rings. The van der Waals surface area contributed by atoms with Gasteiger partial charge in [-0.05, 0) is 19.9 Å². The Labute approximate surface area is 80.8 Å². The Morgan fingerprint density at radius 1 is 1.42 bits per heavy atom. The van der Waals surface area contributed by atoms with E-state index in [1.54, 1.807) is 7.11 Å². The summed E-state index contributed by atoms with van der Waals surface area (Å²) in [4.78, 5) is 2.36. The second-order valence-corrected chi connectivity index (χ2v) is 3.41. The minimum atomic E-state index is 0.480. The van der Waals surface area contributed by atoms with Gasteiger partial charge < -0.3 is 4.74 Å². The minimum Gasteiger partial charge on any atom is -0.383 e. The highest BCUT2D eigenvalue weighted by atomic mass is 35.5. The lowest BCUT2D eigenvalue weighted by Crippen LogP contribution is -2.38. The van der Waals surface area contributed by atoms with E-state index in [9.17, 15) is 0 Å². The third kappa shape index (κ3) is 4.96. The van der Waals surface area contributed by atoms with Crippen LogP contribution in [0.15, 0.2) is 0 Å². The topological polar surface area (TPSA) is 12.5 Å². The van der Waals surface area contributed by atoms with Gasteiger partial charge in [0.15, 0.2) is 0 Å². The van der Waals surface area contributed by atoms with Crippen LogP contribution in [0.2, 0.25) is 0 Å². The molecule has 12 heavy (non-hydrogen) atoms. The van der Waals surface area contributed by atoms with Gasteiger partial charge in [0.2, 0.25) is 0 Å². The molecule has 0 aliphatic rings. The maximum Gasteiger partial charge on any atom is 0.0615 e. The number of alkyl halides is 1. The summed E-state index contributed by atoms with van der Waals surface area (Å²) in [6.07, 6.45) is 1.17. The second-order valence-electron chi connectivity index (χ2n) is 3.03. The van der Waals surface area contributed by atoms with Crippen LogP contribution in [0.4, 0.5) is 0 Å². The molecule has 0 radical (unpaired) electrons. The quantitative estimate of drug-likeness (QED) is 0.574. The van der Waals surface area contributed by atoms with Crippen LogP contribution in [0.3, 0.4) is 0 Å². The molecule has 0 aromatic carbocycles. The maximum atomic E-state index is 5.69. The number of hydrogen-bond donors (Lipinski definition) is 0. The van der Waals surface area contributed by atoms with Gasteiger partial charge in [-0.1, -0.05) is 6.92 Å². The van der Waals surface area contributed by atoms with Crippen molar-refractivity contribution in [3.63, 3.8) is 0 Å². The summed E-state index contributed by atoms with van der Waals surface area (Å²) < 4.78 is 5.09. The van der Waals surface area contributed by atoms with E-state index in [-0.39, 0.29) is 0 Å². The molecule has 0 spiro atoms. The third-order valence-electron chi connectivity index (χ3n) is 1.91. The van der Waals surface area contributed by atoms with Gasteiger partial charge in [0.05, 0.1) is 6.61 Å². The molecule has 0 N–H and O–H groups in total. The van der Waals surface area contributed by atoms with Crippen molar-refractivity contribution in [2.24, 2.45) is 0 Å². The summed E-state index contributed by atoms with van der Waals surface area (Å²) in [6.45, 7) is 7.21. The van der Waals surface area contributed by atoms with E-state index in [1.165, 1.54) is 6.42 Å². The molecule has 0 saturated carbocycles. The molecule has 0 aromatic rings. The van der Waals surface area contributed by atoms with Crippen LogP contribution in [0.1, 0.15) is 20.3 Å². The third-order valence-corrected chi connectivity index (χ3v) is 2.08. The SMILES string of the molecule is CCCN(CCCl)C(C)COC. The highest BCUT2D eigenvalue weighted by Gasteiger charge is 2.10. The normalized spacial score (nSPS) is 13.8. The molecule has 0 bridgehead atoms. The summed E-state index contributed by atoms with van der Waals surface area (Å²) in [5.74, 6) is 0.702. The number of nitrogens with zero attached hydrogens (tertiary/aromatic N) is 1. The van der Waals surface area contributed by atoms with Crippen molar-refractivity contribution >= 4 is 11.6 Å². The summed E-state index contributed by atoms with van der Waals surface area (Å²) in [5.41, 5.74) is 0. The molecule has 74 valence electrons. The highest BCUT2D eigenvalue weighted by Crippen LogP contribution is 2.01. The molecular weight excluding hydrogens is 174 g/mol. The predicted molar refractivity (Wildman–Crippen MR) is 53.9 cm³/mol. The molecule has 1 atom stereocenters. The summed E-state index contributed by atoms with van der Waals surface area (Å²) in [7, 11) is 1.74. The Hall–Kier alpha value is 0.210. The molecule has 0 heterocycles. The average molecular weight is 194 g/mol. The predicted octanol–water partition coefficient (Wildman–Crippen LogP) is 1.97. The van der Waals surface area contributed by atoms with Crippen LogP contribution in [0.25, 0.3) is 0 Å². The first kappa shape index (κ1) is 12.2. The first-order valence-corrected chi connectivity index (χ1v) is 5.08. The van der Waals surface area contributed by atoms with E-state index >= 15 is 0 Å². The zero-order chi connectivity index (χ0) is 9.40. The first-order chi connectivity index (χ1) is 5.76. The van der Waals surface area contributed by atoms with Gasteiger partial charge in [0.1, 0.15) is 0 Å². The van der Waals surface area contributed by atoms with Crippen molar-refractivity contribution in [1.82, 2.24) is 4.90 Å². The van der Waals surface area contributed by atoms with Gasteiger partial charge in [-0.15, -0.1) is 11.6 Å². The second kappa shape index (κ2) is 7.84. The number of hydrogen-bond acceptors (Lipinski definition) is 2. The fourth-order valence-electron chi connectivity index (χ4n) is 1.29. The zero-order valence-corrected chi connectivity index (χ0v) is 9.10. The maximum absolute atomic E-state index is 5.69. The molecule has 2 nitrogen and oxygen atoms in total. The van der Waals surface area contributed by atoms with Gasteiger partial charge in [-0.3, -0.25) is 4.90 Å². The van der Waals surface area contributed by atoms with E-state index < -0.39 is 0 Å². The summed E-state index contributed by atoms with van der Waals surface area (Å²) in [6, 6.07) is 0.480. The van der Waals surface area contributed by atoms with Crippen LogP contribution in [0, 0.1) is 0 Å². The van der Waals surface area contributed by atoms with E-state index in [2.05, 4.69) is 18.7 Å². The van der Waals surface area contributed by atoms with Gasteiger partial charge in [-0.25, -0.2) is 0 Å². The lowest BCUT2D eigenvalue weighted by Gasteiger charge is -2.27. The Morgan fingerprint density at radius 2 is 2.08 bits per heavy atom. The van der Waals surface area contributed by atoms with Crippen molar-refractivity contribution in [1.29, 1.82) is 0 Å². The zero-order valence-electron chi connectivity index (χ0n) is 8.35. The molecule has 3 heteroatoms. The van der Waals surface area contributed by atoms with E-state index in [0.717, 1.165) is 19.7 Å². The first-order valence-electron chi connectivity index (χ1n) is 4.55. The van der Waals surface area contributed by atoms with Crippen molar-refractivity contribution in [2.45, 2.75) is 26.3 Å². The molecule has 0 aliphatic carbocycles. The van der Waals surface area contributed by atoms with Crippen LogP contribution < -0.4 is 0 Å². The van der Waals surface area contributed by atoms with Crippen LogP contribution >= 0.6 is 11.6 Å². The average Bonchev–Trinajstić information content (AvgIpc) is 2.04. The lowest BCUT2D eigenvalue weighted by molar-refractivity contribution is 0.103. The summed E-state index contributed by atoms with van der Waals surface area (Å²) in [5, 5.41) is 0. The fourth-order valence-corrected chi connectivity index (χ4v) is 1.51. The monoisotopic (exact) mass is 193 g/mol. The number of methoxy groups -OCH3 is 1. The van der Waals surface area contributed by atoms with Crippen LogP contribution in [-0.4, -0.2) is 43.6 Å². The number of rotatable bonds is 7. The van der Waals surface area contributed by atoms with E-state index in [4.69, 9.17) is 16.3 Å². The van der Waals surface area contributed by atoms with Crippen molar-refractivity contribution in [3.8, 4) is 0 Å². The van der Waals surface area contributed by atoms with Crippen LogP contribution in [0.5, 0.6) is 0 Å². The number of ether oxygens (including phenoxy) is 1. The lowest BCUT2D eigenvalue weighted by atomic mass is 10.3. The molecule has 0 amide bonds. The van der Waals surface area contributed by atoms with Crippen molar-refractivity contribution in [2.75, 3.05) is 32.7 Å². The van der Waals surface area contributed by atoms with Gasteiger partial charge in [-0.2, -0.15) is 0 Å². The Balaban J connectivity index is 3.72. The largest absolute Gasteiger partial charge is 0.383 e. The van der Waals surface area contributed by atoms with E-state index in [1.807, 2.05) is 0 Å². The Kier molecular flexibility index (Phi) is 7.98. The molecule has 0 rings (SSSR count). The van der Waals surface area contributed by atoms with Gasteiger partial charge in [0.25, 0.3) is 0 Å². The molecule has 0 aliphatic heterocycles. The standard InChI is InChI=1S/C9H20ClNO/c1-4-6-11(7-5-10)9(2)8-12-3/h9H,4-8H2,1-3H3. The molecule has 0 aromatic heterocycles.